The van der Waals surface area contributed by atoms with Crippen molar-refractivity contribution >= 4 is 22.6 Å². The molecule has 9 nitrogen and oxygen atoms in total. The Kier molecular flexibility index (Phi) is 7.34. The molecule has 5 rings (SSSR count). The Labute approximate surface area is 217 Å². The topological polar surface area (TPSA) is 117 Å². The smallest absolute Gasteiger partial charge is 0.272 e. The van der Waals surface area contributed by atoms with Crippen LogP contribution in [-0.4, -0.2) is 65.1 Å². The molecule has 38 heavy (non-hydrogen) atoms. The van der Waals surface area contributed by atoms with Crippen LogP contribution in [-0.2, 0) is 11.2 Å². The summed E-state index contributed by atoms with van der Waals surface area (Å²) in [6.45, 7) is 2.40. The number of aromatic nitrogens is 2. The highest BCUT2D eigenvalue weighted by molar-refractivity contribution is 6.01. The van der Waals surface area contributed by atoms with Crippen molar-refractivity contribution in [2.24, 2.45) is 0 Å². The number of nitrogens with zero attached hydrogens (tertiary/aromatic N) is 3. The van der Waals surface area contributed by atoms with Crippen LogP contribution in [0.3, 0.4) is 0 Å². The molecule has 1 fully saturated rings. The molecule has 0 unspecified atom stereocenters. The van der Waals surface area contributed by atoms with E-state index in [1.54, 1.807) is 36.5 Å². The molecule has 10 heteroatoms. The number of pyridine rings is 2. The number of fused-ring (bicyclic) bond motifs is 1. The number of morpholine rings is 1. The highest BCUT2D eigenvalue weighted by atomic mass is 19.1. The van der Waals surface area contributed by atoms with Gasteiger partial charge in [-0.05, 0) is 60.0 Å². The molecule has 0 spiro atoms. The SMILES string of the molecule is O=C(NCCO)c1c(O)c2ncc(Cc3ccc(F)cc3)cc2n(-c2ccc(N3CCOCC3)cc2)c1=O. The van der Waals surface area contributed by atoms with Gasteiger partial charge in [-0.15, -0.1) is 0 Å². The highest BCUT2D eigenvalue weighted by Gasteiger charge is 2.24. The molecule has 3 heterocycles. The van der Waals surface area contributed by atoms with Gasteiger partial charge in [0.25, 0.3) is 11.5 Å². The molecular weight excluding hydrogens is 491 g/mol. The van der Waals surface area contributed by atoms with Crippen molar-refractivity contribution in [1.29, 1.82) is 0 Å². The lowest BCUT2D eigenvalue weighted by Gasteiger charge is -2.29. The highest BCUT2D eigenvalue weighted by Crippen LogP contribution is 2.29. The number of halogens is 1. The molecule has 0 atom stereocenters. The third-order valence-corrected chi connectivity index (χ3v) is 6.47. The quantitative estimate of drug-likeness (QED) is 0.344. The predicted octanol–water partition coefficient (Wildman–Crippen LogP) is 2.38. The van der Waals surface area contributed by atoms with E-state index >= 15 is 0 Å². The van der Waals surface area contributed by atoms with Crippen molar-refractivity contribution in [3.8, 4) is 11.4 Å². The zero-order valence-electron chi connectivity index (χ0n) is 20.6. The maximum atomic E-state index is 13.7. The summed E-state index contributed by atoms with van der Waals surface area (Å²) in [5.74, 6) is -1.68. The van der Waals surface area contributed by atoms with Crippen LogP contribution in [0, 0.1) is 5.82 Å². The minimum absolute atomic E-state index is 0.0754. The summed E-state index contributed by atoms with van der Waals surface area (Å²) >= 11 is 0. The molecule has 0 saturated carbocycles. The lowest BCUT2D eigenvalue weighted by molar-refractivity contribution is 0.0940. The van der Waals surface area contributed by atoms with Crippen LogP contribution in [0.4, 0.5) is 10.1 Å². The number of carbonyl (C=O) groups is 1. The number of aromatic hydroxyl groups is 1. The Hall–Kier alpha value is -4.28. The second kappa shape index (κ2) is 11.0. The van der Waals surface area contributed by atoms with Crippen LogP contribution in [0.25, 0.3) is 16.7 Å². The van der Waals surface area contributed by atoms with Crippen LogP contribution in [0.1, 0.15) is 21.5 Å². The van der Waals surface area contributed by atoms with Gasteiger partial charge in [0.15, 0.2) is 5.75 Å². The van der Waals surface area contributed by atoms with Gasteiger partial charge in [-0.1, -0.05) is 12.1 Å². The van der Waals surface area contributed by atoms with Gasteiger partial charge in [0.1, 0.15) is 16.9 Å². The summed E-state index contributed by atoms with van der Waals surface area (Å²) in [4.78, 5) is 33.1. The van der Waals surface area contributed by atoms with Gasteiger partial charge >= 0.3 is 0 Å². The molecule has 4 aromatic rings. The van der Waals surface area contributed by atoms with Gasteiger partial charge in [-0.2, -0.15) is 0 Å². The number of nitrogens with one attached hydrogen (secondary N) is 1. The van der Waals surface area contributed by atoms with Gasteiger partial charge in [-0.25, -0.2) is 4.39 Å². The first kappa shape index (κ1) is 25.4. The molecule has 2 aromatic heterocycles. The summed E-state index contributed by atoms with van der Waals surface area (Å²) in [7, 11) is 0. The third-order valence-electron chi connectivity index (χ3n) is 6.47. The molecule has 0 aliphatic carbocycles. The molecule has 1 amide bonds. The number of ether oxygens (including phenoxy) is 1. The summed E-state index contributed by atoms with van der Waals surface area (Å²) < 4.78 is 20.1. The molecule has 0 radical (unpaired) electrons. The Balaban J connectivity index is 1.64. The number of aliphatic hydroxyl groups is 1. The molecule has 0 bridgehead atoms. The Bertz CT molecular complexity index is 1510. The lowest BCUT2D eigenvalue weighted by atomic mass is 10.0. The standard InChI is InChI=1S/C28H27FN4O5/c29-20-3-1-18(2-4-20)15-19-16-23-25(31-17-19)26(35)24(27(36)30-9-12-34)28(37)33(23)22-7-5-21(6-8-22)32-10-13-38-14-11-32/h1-8,16-17,34-35H,9-15H2,(H,30,36). The minimum atomic E-state index is -0.806. The van der Waals surface area contributed by atoms with Gasteiger partial charge in [0, 0.05) is 37.2 Å². The Morgan fingerprint density at radius 2 is 1.71 bits per heavy atom. The fraction of sp³-hybridized carbons (Fsp3) is 0.250. The number of amides is 1. The molecule has 1 aliphatic heterocycles. The van der Waals surface area contributed by atoms with Crippen LogP contribution < -0.4 is 15.8 Å². The average Bonchev–Trinajstić information content (AvgIpc) is 2.94. The number of benzene rings is 2. The number of carbonyl (C=O) groups excluding carboxylic acids is 1. The Morgan fingerprint density at radius 1 is 1.03 bits per heavy atom. The second-order valence-electron chi connectivity index (χ2n) is 8.97. The van der Waals surface area contributed by atoms with Gasteiger partial charge < -0.3 is 25.2 Å². The molecule has 1 saturated heterocycles. The van der Waals surface area contributed by atoms with Crippen molar-refractivity contribution in [3.05, 3.63) is 93.7 Å². The van der Waals surface area contributed by atoms with E-state index < -0.39 is 22.8 Å². The van der Waals surface area contributed by atoms with E-state index in [0.717, 1.165) is 29.9 Å². The second-order valence-corrected chi connectivity index (χ2v) is 8.97. The van der Waals surface area contributed by atoms with E-state index in [4.69, 9.17) is 9.84 Å². The number of rotatable bonds is 7. The van der Waals surface area contributed by atoms with Crippen LogP contribution in [0.2, 0.25) is 0 Å². The van der Waals surface area contributed by atoms with Crippen molar-refractivity contribution in [2.45, 2.75) is 6.42 Å². The van der Waals surface area contributed by atoms with Crippen molar-refractivity contribution in [2.75, 3.05) is 44.4 Å². The summed E-state index contributed by atoms with van der Waals surface area (Å²) in [6, 6.07) is 15.2. The molecule has 196 valence electrons. The van der Waals surface area contributed by atoms with E-state index in [1.165, 1.54) is 16.7 Å². The maximum absolute atomic E-state index is 13.7. The van der Waals surface area contributed by atoms with Crippen LogP contribution >= 0.6 is 0 Å². The zero-order chi connectivity index (χ0) is 26.6. The molecule has 2 aromatic carbocycles. The summed E-state index contributed by atoms with van der Waals surface area (Å²) in [5, 5.41) is 22.5. The van der Waals surface area contributed by atoms with Crippen LogP contribution in [0.15, 0.2) is 65.6 Å². The van der Waals surface area contributed by atoms with Crippen LogP contribution in [0.5, 0.6) is 5.75 Å². The zero-order valence-corrected chi connectivity index (χ0v) is 20.6. The van der Waals surface area contributed by atoms with E-state index in [0.29, 0.717) is 30.8 Å². The van der Waals surface area contributed by atoms with Crippen molar-refractivity contribution in [3.63, 3.8) is 0 Å². The summed E-state index contributed by atoms with van der Waals surface area (Å²) in [5.41, 5.74) is 2.29. The monoisotopic (exact) mass is 518 g/mol. The lowest BCUT2D eigenvalue weighted by Crippen LogP contribution is -2.36. The van der Waals surface area contributed by atoms with E-state index in [1.807, 2.05) is 12.1 Å². The third kappa shape index (κ3) is 5.09. The largest absolute Gasteiger partial charge is 0.505 e. The minimum Gasteiger partial charge on any atom is -0.505 e. The predicted molar refractivity (Wildman–Crippen MR) is 141 cm³/mol. The molecular formula is C28H27FN4O5. The number of anilines is 1. The van der Waals surface area contributed by atoms with E-state index in [9.17, 15) is 19.1 Å². The van der Waals surface area contributed by atoms with Gasteiger partial charge in [0.2, 0.25) is 0 Å². The first-order chi connectivity index (χ1) is 18.5. The van der Waals surface area contributed by atoms with Crippen molar-refractivity contribution in [1.82, 2.24) is 14.9 Å². The maximum Gasteiger partial charge on any atom is 0.272 e. The van der Waals surface area contributed by atoms with Gasteiger partial charge in [0.05, 0.1) is 25.3 Å². The normalized spacial score (nSPS) is 13.6. The molecule has 3 N–H and O–H groups in total. The fourth-order valence-electron chi connectivity index (χ4n) is 4.58. The first-order valence-electron chi connectivity index (χ1n) is 12.3. The first-order valence-corrected chi connectivity index (χ1v) is 12.3. The summed E-state index contributed by atoms with van der Waals surface area (Å²) in [6.07, 6.45) is 1.98. The number of hydrogen-bond donors (Lipinski definition) is 3. The average molecular weight is 519 g/mol. The van der Waals surface area contributed by atoms with Gasteiger partial charge in [-0.3, -0.25) is 19.1 Å². The fourth-order valence-corrected chi connectivity index (χ4v) is 4.58. The van der Waals surface area contributed by atoms with Crippen molar-refractivity contribution < 1.29 is 24.1 Å². The molecule has 1 aliphatic rings. The number of aliphatic hydroxyl groups excluding tert-OH is 1. The van der Waals surface area contributed by atoms with E-state index in [-0.39, 0.29) is 24.5 Å². The Morgan fingerprint density at radius 3 is 2.39 bits per heavy atom. The van der Waals surface area contributed by atoms with E-state index in [2.05, 4.69) is 15.2 Å². The number of hydrogen-bond acceptors (Lipinski definition) is 7.